The van der Waals surface area contributed by atoms with Crippen LogP contribution in [0.4, 0.5) is 10.5 Å². The van der Waals surface area contributed by atoms with E-state index in [1.54, 1.807) is 12.1 Å². The standard InChI is InChI=1S/C18H24N2O2/c1-3-15-8-6-9-16(13-15)20-18(21)19-11-12-22-17-10-5-4-7-14(17)2/h1,6,8-9,13-14,17H,4-5,7,10-12H2,2H3,(H2,19,20,21)/t14-,17+/m1/s1. The average Bonchev–Trinajstić information content (AvgIpc) is 2.53. The normalized spacial score (nSPS) is 20.9. The molecule has 1 aliphatic carbocycles. The van der Waals surface area contributed by atoms with Crippen LogP contribution >= 0.6 is 0 Å². The van der Waals surface area contributed by atoms with Crippen molar-refractivity contribution in [2.75, 3.05) is 18.5 Å². The third-order valence-electron chi connectivity index (χ3n) is 4.04. The number of rotatable bonds is 5. The highest BCUT2D eigenvalue weighted by Gasteiger charge is 2.21. The van der Waals surface area contributed by atoms with Crippen LogP contribution in [0.25, 0.3) is 0 Å². The van der Waals surface area contributed by atoms with Gasteiger partial charge in [-0.3, -0.25) is 0 Å². The van der Waals surface area contributed by atoms with Gasteiger partial charge < -0.3 is 15.4 Å². The number of urea groups is 1. The highest BCUT2D eigenvalue weighted by atomic mass is 16.5. The van der Waals surface area contributed by atoms with Crippen LogP contribution in [0, 0.1) is 18.3 Å². The number of carbonyl (C=O) groups is 1. The number of benzene rings is 1. The number of amides is 2. The third-order valence-corrected chi connectivity index (χ3v) is 4.04. The van der Waals surface area contributed by atoms with Crippen molar-refractivity contribution in [3.05, 3.63) is 29.8 Å². The van der Waals surface area contributed by atoms with Gasteiger partial charge in [-0.2, -0.15) is 0 Å². The number of carbonyl (C=O) groups excluding carboxylic acids is 1. The first-order valence-electron chi connectivity index (χ1n) is 7.92. The first-order chi connectivity index (χ1) is 10.7. The van der Waals surface area contributed by atoms with E-state index < -0.39 is 0 Å². The highest BCUT2D eigenvalue weighted by Crippen LogP contribution is 2.25. The zero-order chi connectivity index (χ0) is 15.8. The lowest BCUT2D eigenvalue weighted by molar-refractivity contribution is -0.00232. The molecule has 1 fully saturated rings. The van der Waals surface area contributed by atoms with Crippen LogP contribution in [0.3, 0.4) is 0 Å². The molecule has 2 atom stereocenters. The van der Waals surface area contributed by atoms with E-state index in [2.05, 4.69) is 23.5 Å². The molecule has 1 aliphatic rings. The minimum Gasteiger partial charge on any atom is -0.376 e. The lowest BCUT2D eigenvalue weighted by atomic mass is 9.88. The van der Waals surface area contributed by atoms with Crippen molar-refractivity contribution in [2.24, 2.45) is 5.92 Å². The Morgan fingerprint density at radius 2 is 2.23 bits per heavy atom. The van der Waals surface area contributed by atoms with Crippen LogP contribution in [0.2, 0.25) is 0 Å². The summed E-state index contributed by atoms with van der Waals surface area (Å²) in [6, 6.07) is 6.97. The first kappa shape index (κ1) is 16.4. The molecule has 0 unspecified atom stereocenters. The van der Waals surface area contributed by atoms with Gasteiger partial charge in [-0.1, -0.05) is 31.8 Å². The van der Waals surface area contributed by atoms with Crippen LogP contribution in [-0.4, -0.2) is 25.3 Å². The summed E-state index contributed by atoms with van der Waals surface area (Å²) in [7, 11) is 0. The number of nitrogens with one attached hydrogen (secondary N) is 2. The van der Waals surface area contributed by atoms with Gasteiger partial charge in [0.25, 0.3) is 0 Å². The molecule has 1 aromatic rings. The van der Waals surface area contributed by atoms with E-state index >= 15 is 0 Å². The molecule has 2 N–H and O–H groups in total. The van der Waals surface area contributed by atoms with Crippen molar-refractivity contribution in [1.82, 2.24) is 5.32 Å². The van der Waals surface area contributed by atoms with E-state index in [1.165, 1.54) is 19.3 Å². The van der Waals surface area contributed by atoms with Crippen LogP contribution in [0.15, 0.2) is 24.3 Å². The maximum atomic E-state index is 11.8. The van der Waals surface area contributed by atoms with Gasteiger partial charge in [0.15, 0.2) is 0 Å². The Balaban J connectivity index is 1.66. The van der Waals surface area contributed by atoms with Gasteiger partial charge in [-0.25, -0.2) is 4.79 Å². The van der Waals surface area contributed by atoms with Gasteiger partial charge in [0.2, 0.25) is 0 Å². The van der Waals surface area contributed by atoms with Crippen molar-refractivity contribution in [3.8, 4) is 12.3 Å². The topological polar surface area (TPSA) is 50.4 Å². The SMILES string of the molecule is C#Cc1cccc(NC(=O)NCCO[C@H]2CCCC[C@H]2C)c1. The summed E-state index contributed by atoms with van der Waals surface area (Å²) in [5.74, 6) is 3.16. The molecule has 2 rings (SSSR count). The summed E-state index contributed by atoms with van der Waals surface area (Å²) in [6.45, 7) is 3.29. The number of hydrogen-bond donors (Lipinski definition) is 2. The Kier molecular flexibility index (Phi) is 6.29. The highest BCUT2D eigenvalue weighted by molar-refractivity contribution is 5.89. The number of ether oxygens (including phenoxy) is 1. The Morgan fingerprint density at radius 1 is 1.41 bits per heavy atom. The maximum absolute atomic E-state index is 11.8. The van der Waals surface area contributed by atoms with Gasteiger partial charge in [0.05, 0.1) is 12.7 Å². The zero-order valence-corrected chi connectivity index (χ0v) is 13.1. The summed E-state index contributed by atoms with van der Waals surface area (Å²) in [4.78, 5) is 11.8. The fourth-order valence-electron chi connectivity index (χ4n) is 2.77. The van der Waals surface area contributed by atoms with Gasteiger partial charge in [-0.15, -0.1) is 6.42 Å². The predicted molar refractivity (Wildman–Crippen MR) is 88.8 cm³/mol. The second-order valence-electron chi connectivity index (χ2n) is 5.78. The molecule has 0 saturated heterocycles. The molecule has 0 radical (unpaired) electrons. The first-order valence-corrected chi connectivity index (χ1v) is 7.92. The van der Waals surface area contributed by atoms with Crippen molar-refractivity contribution in [1.29, 1.82) is 0 Å². The molecule has 118 valence electrons. The van der Waals surface area contributed by atoms with E-state index in [9.17, 15) is 4.79 Å². The Labute approximate surface area is 132 Å². The minimum atomic E-state index is -0.241. The Bertz CT molecular complexity index is 536. The number of terminal acetylenes is 1. The maximum Gasteiger partial charge on any atom is 0.319 e. The predicted octanol–water partition coefficient (Wildman–Crippen LogP) is 3.38. The van der Waals surface area contributed by atoms with E-state index in [-0.39, 0.29) is 6.03 Å². The van der Waals surface area contributed by atoms with Crippen LogP contribution in [0.5, 0.6) is 0 Å². The Hall–Kier alpha value is -1.99. The fourth-order valence-corrected chi connectivity index (χ4v) is 2.77. The second-order valence-corrected chi connectivity index (χ2v) is 5.78. The lowest BCUT2D eigenvalue weighted by Crippen LogP contribution is -2.34. The van der Waals surface area contributed by atoms with Gasteiger partial charge in [-0.05, 0) is 37.0 Å². The van der Waals surface area contributed by atoms with Gasteiger partial charge in [0, 0.05) is 17.8 Å². The molecular weight excluding hydrogens is 276 g/mol. The molecule has 0 heterocycles. The second kappa shape index (κ2) is 8.45. The molecule has 0 bridgehead atoms. The minimum absolute atomic E-state index is 0.241. The van der Waals surface area contributed by atoms with Gasteiger partial charge in [0.1, 0.15) is 0 Å². The number of hydrogen-bond acceptors (Lipinski definition) is 2. The molecule has 2 amide bonds. The van der Waals surface area contributed by atoms with Crippen molar-refractivity contribution >= 4 is 11.7 Å². The lowest BCUT2D eigenvalue weighted by Gasteiger charge is -2.28. The van der Waals surface area contributed by atoms with Gasteiger partial charge >= 0.3 is 6.03 Å². The fraction of sp³-hybridized carbons (Fsp3) is 0.500. The smallest absolute Gasteiger partial charge is 0.319 e. The molecule has 22 heavy (non-hydrogen) atoms. The summed E-state index contributed by atoms with van der Waals surface area (Å²) in [5, 5.41) is 5.56. The van der Waals surface area contributed by atoms with E-state index in [4.69, 9.17) is 11.2 Å². The van der Waals surface area contributed by atoms with E-state index in [1.807, 2.05) is 12.1 Å². The summed E-state index contributed by atoms with van der Waals surface area (Å²) in [5.41, 5.74) is 1.43. The molecule has 1 aromatic carbocycles. The van der Waals surface area contributed by atoms with Crippen molar-refractivity contribution < 1.29 is 9.53 Å². The Morgan fingerprint density at radius 3 is 3.00 bits per heavy atom. The van der Waals surface area contributed by atoms with Crippen molar-refractivity contribution in [3.63, 3.8) is 0 Å². The van der Waals surface area contributed by atoms with Crippen LogP contribution in [0.1, 0.15) is 38.2 Å². The molecule has 0 aliphatic heterocycles. The van der Waals surface area contributed by atoms with Crippen LogP contribution in [-0.2, 0) is 4.74 Å². The third kappa shape index (κ3) is 5.09. The summed E-state index contributed by atoms with van der Waals surface area (Å²) < 4.78 is 5.86. The molecule has 1 saturated carbocycles. The summed E-state index contributed by atoms with van der Waals surface area (Å²) >= 11 is 0. The van der Waals surface area contributed by atoms with E-state index in [0.29, 0.717) is 30.9 Å². The van der Waals surface area contributed by atoms with Crippen molar-refractivity contribution in [2.45, 2.75) is 38.7 Å². The molecule has 4 nitrogen and oxygen atoms in total. The molecular formula is C18H24N2O2. The zero-order valence-electron chi connectivity index (χ0n) is 13.1. The monoisotopic (exact) mass is 300 g/mol. The van der Waals surface area contributed by atoms with Crippen LogP contribution < -0.4 is 10.6 Å². The number of anilines is 1. The largest absolute Gasteiger partial charge is 0.376 e. The van der Waals surface area contributed by atoms with E-state index in [0.717, 1.165) is 12.0 Å². The molecule has 4 heteroatoms. The average molecular weight is 300 g/mol. The summed E-state index contributed by atoms with van der Waals surface area (Å²) in [6.07, 6.45) is 10.6. The quantitative estimate of drug-likeness (QED) is 0.647. The molecule has 0 aromatic heterocycles. The molecule has 0 spiro atoms.